The molecular formula is C20H15ClFNO3. The van der Waals surface area contributed by atoms with E-state index in [1.165, 1.54) is 19.2 Å². The number of ether oxygens (including phenoxy) is 1. The van der Waals surface area contributed by atoms with Gasteiger partial charge in [0.15, 0.2) is 0 Å². The van der Waals surface area contributed by atoms with Gasteiger partial charge in [0.25, 0.3) is 5.69 Å². The zero-order chi connectivity index (χ0) is 18.7. The third-order valence-electron chi connectivity index (χ3n) is 4.06. The molecular weight excluding hydrogens is 357 g/mol. The summed E-state index contributed by atoms with van der Waals surface area (Å²) >= 11 is 6.03. The maximum Gasteiger partial charge on any atom is 0.269 e. The number of nitro benzene ring substituents is 1. The van der Waals surface area contributed by atoms with Crippen LogP contribution in [0.2, 0.25) is 5.02 Å². The van der Waals surface area contributed by atoms with Crippen LogP contribution in [0.1, 0.15) is 11.1 Å². The zero-order valence-corrected chi connectivity index (χ0v) is 14.7. The molecule has 0 atom stereocenters. The molecule has 0 aromatic heterocycles. The van der Waals surface area contributed by atoms with Crippen molar-refractivity contribution in [3.63, 3.8) is 0 Å². The Balaban J connectivity index is 2.01. The van der Waals surface area contributed by atoms with E-state index in [2.05, 4.69) is 0 Å². The minimum absolute atomic E-state index is 0.00330. The molecule has 0 aliphatic carbocycles. The molecule has 26 heavy (non-hydrogen) atoms. The number of hydrogen-bond donors (Lipinski definition) is 0. The number of halogens is 2. The summed E-state index contributed by atoms with van der Waals surface area (Å²) in [4.78, 5) is 10.3. The Morgan fingerprint density at radius 3 is 2.46 bits per heavy atom. The number of hydrogen-bond acceptors (Lipinski definition) is 3. The average molecular weight is 372 g/mol. The Labute approximate surface area is 155 Å². The van der Waals surface area contributed by atoms with E-state index in [0.717, 1.165) is 5.56 Å². The van der Waals surface area contributed by atoms with Crippen LogP contribution in [0.3, 0.4) is 0 Å². The molecule has 0 heterocycles. The van der Waals surface area contributed by atoms with Gasteiger partial charge in [-0.2, -0.15) is 0 Å². The fourth-order valence-electron chi connectivity index (χ4n) is 2.78. The maximum atomic E-state index is 15.2. The molecule has 132 valence electrons. The average Bonchev–Trinajstić information content (AvgIpc) is 2.63. The van der Waals surface area contributed by atoms with Crippen LogP contribution < -0.4 is 4.74 Å². The fraction of sp³-hybridized carbons (Fsp3) is 0.100. The van der Waals surface area contributed by atoms with Crippen molar-refractivity contribution in [2.75, 3.05) is 7.11 Å². The number of non-ortho nitro benzene ring substituents is 1. The van der Waals surface area contributed by atoms with Gasteiger partial charge >= 0.3 is 0 Å². The highest BCUT2D eigenvalue weighted by molar-refractivity contribution is 6.30. The summed E-state index contributed by atoms with van der Waals surface area (Å²) in [5, 5.41) is 11.2. The van der Waals surface area contributed by atoms with Crippen molar-refractivity contribution in [3.05, 3.63) is 92.7 Å². The number of nitrogens with zero attached hydrogens (tertiary/aromatic N) is 1. The minimum atomic E-state index is -0.463. The molecule has 3 rings (SSSR count). The number of rotatable bonds is 5. The second kappa shape index (κ2) is 7.54. The van der Waals surface area contributed by atoms with Crippen molar-refractivity contribution in [1.82, 2.24) is 0 Å². The minimum Gasteiger partial charge on any atom is -0.496 e. The lowest BCUT2D eigenvalue weighted by molar-refractivity contribution is -0.384. The topological polar surface area (TPSA) is 52.4 Å². The van der Waals surface area contributed by atoms with Crippen LogP contribution in [-0.4, -0.2) is 12.0 Å². The van der Waals surface area contributed by atoms with Crippen LogP contribution in [0.5, 0.6) is 5.75 Å². The van der Waals surface area contributed by atoms with Gasteiger partial charge in [-0.1, -0.05) is 41.9 Å². The molecule has 0 radical (unpaired) electrons. The summed E-state index contributed by atoms with van der Waals surface area (Å²) in [6.45, 7) is 0. The SMILES string of the molecule is COc1ccc(Cc2ccc([N+](=O)[O-])cc2)c(F)c1-c1cccc(Cl)c1. The molecule has 0 N–H and O–H groups in total. The molecule has 6 heteroatoms. The van der Waals surface area contributed by atoms with Crippen LogP contribution in [-0.2, 0) is 6.42 Å². The van der Waals surface area contributed by atoms with E-state index in [4.69, 9.17) is 16.3 Å². The van der Waals surface area contributed by atoms with Gasteiger partial charge in [0.05, 0.1) is 17.6 Å². The molecule has 0 amide bonds. The Morgan fingerprint density at radius 2 is 1.85 bits per heavy atom. The highest BCUT2D eigenvalue weighted by atomic mass is 35.5. The van der Waals surface area contributed by atoms with Crippen molar-refractivity contribution in [3.8, 4) is 16.9 Å². The molecule has 0 fully saturated rings. The van der Waals surface area contributed by atoms with Crippen LogP contribution in [0.25, 0.3) is 11.1 Å². The van der Waals surface area contributed by atoms with Gasteiger partial charge in [0.2, 0.25) is 0 Å². The van der Waals surface area contributed by atoms with E-state index >= 15 is 4.39 Å². The normalized spacial score (nSPS) is 10.6. The standard InChI is InChI=1S/C20H15ClFNO3/c1-26-18-10-7-15(11-13-5-8-17(9-6-13)23(24)25)20(22)19(18)14-3-2-4-16(21)12-14/h2-10,12H,11H2,1H3. The third kappa shape index (κ3) is 3.68. The molecule has 0 spiro atoms. The van der Waals surface area contributed by atoms with Gasteiger partial charge in [0, 0.05) is 23.6 Å². The van der Waals surface area contributed by atoms with Crippen LogP contribution in [0.15, 0.2) is 60.7 Å². The van der Waals surface area contributed by atoms with E-state index in [9.17, 15) is 10.1 Å². The first kappa shape index (κ1) is 17.9. The van der Waals surface area contributed by atoms with Crippen molar-refractivity contribution < 1.29 is 14.1 Å². The van der Waals surface area contributed by atoms with Crippen molar-refractivity contribution in [2.45, 2.75) is 6.42 Å². The van der Waals surface area contributed by atoms with E-state index in [1.54, 1.807) is 48.5 Å². The molecule has 0 unspecified atom stereocenters. The smallest absolute Gasteiger partial charge is 0.269 e. The number of benzene rings is 3. The molecule has 0 saturated carbocycles. The van der Waals surface area contributed by atoms with Gasteiger partial charge in [-0.05, 0) is 34.9 Å². The predicted molar refractivity (Wildman–Crippen MR) is 99.3 cm³/mol. The summed E-state index contributed by atoms with van der Waals surface area (Å²) in [7, 11) is 1.48. The van der Waals surface area contributed by atoms with Crippen LogP contribution in [0.4, 0.5) is 10.1 Å². The number of nitro groups is 1. The Kier molecular flexibility index (Phi) is 5.19. The molecule has 3 aromatic rings. The second-order valence-corrected chi connectivity index (χ2v) is 6.16. The van der Waals surface area contributed by atoms with Gasteiger partial charge in [-0.15, -0.1) is 0 Å². The molecule has 0 bridgehead atoms. The summed E-state index contributed by atoms with van der Waals surface area (Å²) in [5.41, 5.74) is 2.21. The van der Waals surface area contributed by atoms with Crippen LogP contribution in [0, 0.1) is 15.9 Å². The quantitative estimate of drug-likeness (QED) is 0.430. The zero-order valence-electron chi connectivity index (χ0n) is 13.9. The monoisotopic (exact) mass is 371 g/mol. The lowest BCUT2D eigenvalue weighted by atomic mass is 9.97. The van der Waals surface area contributed by atoms with E-state index in [0.29, 0.717) is 33.9 Å². The highest BCUT2D eigenvalue weighted by Crippen LogP contribution is 2.36. The lowest BCUT2D eigenvalue weighted by Crippen LogP contribution is -1.99. The Hall–Kier alpha value is -2.92. The maximum absolute atomic E-state index is 15.2. The third-order valence-corrected chi connectivity index (χ3v) is 4.29. The first-order valence-corrected chi connectivity index (χ1v) is 8.22. The van der Waals surface area contributed by atoms with Crippen molar-refractivity contribution in [1.29, 1.82) is 0 Å². The summed E-state index contributed by atoms with van der Waals surface area (Å²) in [5.74, 6) is 0.0159. The summed E-state index contributed by atoms with van der Waals surface area (Å²) < 4.78 is 20.5. The van der Waals surface area contributed by atoms with E-state index < -0.39 is 10.7 Å². The predicted octanol–water partition coefficient (Wildman–Crippen LogP) is 5.65. The molecule has 0 saturated heterocycles. The van der Waals surface area contributed by atoms with E-state index in [-0.39, 0.29) is 5.69 Å². The van der Waals surface area contributed by atoms with Gasteiger partial charge in [0.1, 0.15) is 11.6 Å². The fourth-order valence-corrected chi connectivity index (χ4v) is 2.97. The van der Waals surface area contributed by atoms with Crippen molar-refractivity contribution in [2.24, 2.45) is 0 Å². The summed E-state index contributed by atoms with van der Waals surface area (Å²) in [6, 6.07) is 16.4. The lowest BCUT2D eigenvalue weighted by Gasteiger charge is -2.14. The van der Waals surface area contributed by atoms with Gasteiger partial charge in [-0.25, -0.2) is 4.39 Å². The number of methoxy groups -OCH3 is 1. The highest BCUT2D eigenvalue weighted by Gasteiger charge is 2.17. The second-order valence-electron chi connectivity index (χ2n) is 5.73. The first-order chi connectivity index (χ1) is 12.5. The Bertz CT molecular complexity index is 958. The largest absolute Gasteiger partial charge is 0.496 e. The Morgan fingerprint density at radius 1 is 1.12 bits per heavy atom. The van der Waals surface area contributed by atoms with Crippen molar-refractivity contribution >= 4 is 17.3 Å². The molecule has 0 aliphatic rings. The van der Waals surface area contributed by atoms with E-state index in [1.807, 2.05) is 0 Å². The molecule has 3 aromatic carbocycles. The van der Waals surface area contributed by atoms with Gasteiger partial charge in [-0.3, -0.25) is 10.1 Å². The summed E-state index contributed by atoms with van der Waals surface area (Å²) in [6.07, 6.45) is 0.307. The first-order valence-electron chi connectivity index (χ1n) is 7.84. The van der Waals surface area contributed by atoms with Crippen LogP contribution >= 0.6 is 11.6 Å². The molecule has 4 nitrogen and oxygen atoms in total. The van der Waals surface area contributed by atoms with Gasteiger partial charge < -0.3 is 4.74 Å². The molecule has 0 aliphatic heterocycles.